The van der Waals surface area contributed by atoms with Gasteiger partial charge < -0.3 is 16.6 Å². The Morgan fingerprint density at radius 1 is 1.33 bits per heavy atom. The van der Waals surface area contributed by atoms with Crippen LogP contribution in [0.3, 0.4) is 0 Å². The molecule has 5 N–H and O–H groups in total. The summed E-state index contributed by atoms with van der Waals surface area (Å²) in [6, 6.07) is 2.95. The Kier molecular flexibility index (Phi) is 2.23. The van der Waals surface area contributed by atoms with Crippen molar-refractivity contribution in [2.45, 2.75) is 0 Å². The maximum absolute atomic E-state index is 10.5. The molecule has 5 heteroatoms. The van der Waals surface area contributed by atoms with Crippen molar-refractivity contribution >= 4 is 33.3 Å². The van der Waals surface area contributed by atoms with E-state index in [1.807, 2.05) is 0 Å². The minimum absolute atomic E-state index is 0.0238. The number of aromatic carboxylic acids is 1. The van der Waals surface area contributed by atoms with Crippen molar-refractivity contribution in [2.24, 2.45) is 0 Å². The van der Waals surface area contributed by atoms with E-state index in [0.717, 1.165) is 0 Å². The second kappa shape index (κ2) is 3.02. The Labute approximate surface area is 77.3 Å². The molecule has 12 heavy (non-hydrogen) atoms. The third-order valence-electron chi connectivity index (χ3n) is 1.46. The summed E-state index contributed by atoms with van der Waals surface area (Å²) in [5.74, 6) is -1.08. The molecule has 0 radical (unpaired) electrons. The van der Waals surface area contributed by atoms with Crippen LogP contribution in [0.4, 0.5) is 11.4 Å². The van der Waals surface area contributed by atoms with E-state index >= 15 is 0 Å². The van der Waals surface area contributed by atoms with Gasteiger partial charge in [-0.25, -0.2) is 4.79 Å². The molecule has 0 unspecified atom stereocenters. The fourth-order valence-electron chi connectivity index (χ4n) is 0.796. The molecule has 0 bridgehead atoms. The summed E-state index contributed by atoms with van der Waals surface area (Å²) in [7, 11) is 0. The van der Waals surface area contributed by atoms with E-state index in [1.165, 1.54) is 6.07 Å². The molecular weight excluding hydrogens is 224 g/mol. The molecule has 0 aliphatic heterocycles. The summed E-state index contributed by atoms with van der Waals surface area (Å²) in [5, 5.41) is 8.63. The zero-order valence-electron chi connectivity index (χ0n) is 6.04. The van der Waals surface area contributed by atoms with Crippen LogP contribution in [0, 0.1) is 0 Å². The molecule has 1 rings (SSSR count). The van der Waals surface area contributed by atoms with Crippen LogP contribution in [-0.2, 0) is 0 Å². The lowest BCUT2D eigenvalue weighted by molar-refractivity contribution is 0.0698. The van der Waals surface area contributed by atoms with Crippen molar-refractivity contribution in [1.29, 1.82) is 0 Å². The van der Waals surface area contributed by atoms with Crippen molar-refractivity contribution in [3.8, 4) is 0 Å². The zero-order valence-corrected chi connectivity index (χ0v) is 7.63. The van der Waals surface area contributed by atoms with Gasteiger partial charge >= 0.3 is 5.97 Å². The zero-order chi connectivity index (χ0) is 9.30. The van der Waals surface area contributed by atoms with E-state index in [4.69, 9.17) is 16.6 Å². The molecule has 0 aromatic heterocycles. The van der Waals surface area contributed by atoms with Crippen LogP contribution in [0.1, 0.15) is 10.4 Å². The highest BCUT2D eigenvalue weighted by atomic mass is 79.9. The van der Waals surface area contributed by atoms with E-state index in [1.54, 1.807) is 6.07 Å². The Morgan fingerprint density at radius 3 is 2.42 bits per heavy atom. The summed E-state index contributed by atoms with van der Waals surface area (Å²) in [6.07, 6.45) is 0. The van der Waals surface area contributed by atoms with Gasteiger partial charge in [0.05, 0.1) is 16.9 Å². The largest absolute Gasteiger partial charge is 0.478 e. The van der Waals surface area contributed by atoms with E-state index in [9.17, 15) is 4.79 Å². The van der Waals surface area contributed by atoms with Crippen LogP contribution in [0.5, 0.6) is 0 Å². The number of benzene rings is 1. The minimum atomic E-state index is -1.08. The third-order valence-corrected chi connectivity index (χ3v) is 2.16. The molecule has 0 fully saturated rings. The molecule has 1 aromatic carbocycles. The number of carboxylic acid groups (broad SMARTS) is 1. The van der Waals surface area contributed by atoms with Crippen LogP contribution in [0.25, 0.3) is 0 Å². The van der Waals surface area contributed by atoms with E-state index < -0.39 is 5.97 Å². The first-order chi connectivity index (χ1) is 5.54. The molecular formula is C7H7BrN2O2. The molecule has 0 amide bonds. The average Bonchev–Trinajstić information content (AvgIpc) is 2.00. The number of rotatable bonds is 1. The fourth-order valence-corrected chi connectivity index (χ4v) is 1.14. The fraction of sp³-hybridized carbons (Fsp3) is 0. The maximum atomic E-state index is 10.5. The Balaban J connectivity index is 3.36. The monoisotopic (exact) mass is 230 g/mol. The van der Waals surface area contributed by atoms with Gasteiger partial charge in [0.15, 0.2) is 0 Å². The summed E-state index contributed by atoms with van der Waals surface area (Å²) in [5.41, 5.74) is 11.3. The summed E-state index contributed by atoms with van der Waals surface area (Å²) < 4.78 is 0.602. The topological polar surface area (TPSA) is 89.3 Å². The van der Waals surface area contributed by atoms with Gasteiger partial charge in [-0.2, -0.15) is 0 Å². The van der Waals surface area contributed by atoms with Crippen molar-refractivity contribution in [3.05, 3.63) is 22.2 Å². The van der Waals surface area contributed by atoms with Crippen LogP contribution in [-0.4, -0.2) is 11.1 Å². The molecule has 0 saturated heterocycles. The van der Waals surface area contributed by atoms with Crippen LogP contribution in [0.2, 0.25) is 0 Å². The lowest BCUT2D eigenvalue weighted by Crippen LogP contribution is -2.05. The number of hydrogen-bond donors (Lipinski definition) is 3. The molecule has 0 atom stereocenters. The number of halogens is 1. The van der Waals surface area contributed by atoms with E-state index in [0.29, 0.717) is 4.47 Å². The summed E-state index contributed by atoms with van der Waals surface area (Å²) in [4.78, 5) is 10.5. The molecule has 0 aliphatic carbocycles. The highest BCUT2D eigenvalue weighted by Crippen LogP contribution is 2.28. The molecule has 4 nitrogen and oxygen atoms in total. The second-order valence-corrected chi connectivity index (χ2v) is 3.08. The van der Waals surface area contributed by atoms with Crippen molar-refractivity contribution in [3.63, 3.8) is 0 Å². The second-order valence-electron chi connectivity index (χ2n) is 2.23. The van der Waals surface area contributed by atoms with E-state index in [-0.39, 0.29) is 16.9 Å². The molecule has 0 saturated carbocycles. The Hall–Kier alpha value is -1.23. The van der Waals surface area contributed by atoms with Gasteiger partial charge in [0.2, 0.25) is 0 Å². The maximum Gasteiger partial charge on any atom is 0.337 e. The van der Waals surface area contributed by atoms with Crippen molar-refractivity contribution in [2.75, 3.05) is 11.5 Å². The van der Waals surface area contributed by atoms with Crippen LogP contribution in [0.15, 0.2) is 16.6 Å². The van der Waals surface area contributed by atoms with Gasteiger partial charge in [0.1, 0.15) is 0 Å². The quantitative estimate of drug-likeness (QED) is 0.635. The SMILES string of the molecule is Nc1c(Br)ccc(C(=O)O)c1N. The van der Waals surface area contributed by atoms with Gasteiger partial charge in [0, 0.05) is 4.47 Å². The van der Waals surface area contributed by atoms with Gasteiger partial charge in [-0.3, -0.25) is 0 Å². The Bertz CT molecular complexity index is 338. The van der Waals surface area contributed by atoms with Gasteiger partial charge in [-0.05, 0) is 28.1 Å². The molecule has 0 aliphatic rings. The predicted molar refractivity (Wildman–Crippen MR) is 49.9 cm³/mol. The van der Waals surface area contributed by atoms with Crippen LogP contribution >= 0.6 is 15.9 Å². The molecule has 0 spiro atoms. The number of nitrogen functional groups attached to an aromatic ring is 2. The highest BCUT2D eigenvalue weighted by Gasteiger charge is 2.11. The smallest absolute Gasteiger partial charge is 0.337 e. The van der Waals surface area contributed by atoms with Crippen molar-refractivity contribution in [1.82, 2.24) is 0 Å². The summed E-state index contributed by atoms with van der Waals surface area (Å²) in [6.45, 7) is 0. The summed E-state index contributed by atoms with van der Waals surface area (Å²) >= 11 is 3.13. The third kappa shape index (κ3) is 1.35. The van der Waals surface area contributed by atoms with Crippen LogP contribution < -0.4 is 11.5 Å². The number of carboxylic acids is 1. The number of anilines is 2. The molecule has 0 heterocycles. The van der Waals surface area contributed by atoms with Gasteiger partial charge in [-0.1, -0.05) is 0 Å². The van der Waals surface area contributed by atoms with E-state index in [2.05, 4.69) is 15.9 Å². The number of hydrogen-bond acceptors (Lipinski definition) is 3. The lowest BCUT2D eigenvalue weighted by atomic mass is 10.1. The first-order valence-electron chi connectivity index (χ1n) is 3.10. The molecule has 64 valence electrons. The number of nitrogens with two attached hydrogens (primary N) is 2. The first-order valence-corrected chi connectivity index (χ1v) is 3.90. The molecule has 1 aromatic rings. The average molecular weight is 231 g/mol. The number of carbonyl (C=O) groups is 1. The first kappa shape index (κ1) is 8.86. The van der Waals surface area contributed by atoms with Crippen molar-refractivity contribution < 1.29 is 9.90 Å². The Morgan fingerprint density at radius 2 is 1.92 bits per heavy atom. The normalized spacial score (nSPS) is 9.75. The predicted octanol–water partition coefficient (Wildman–Crippen LogP) is 1.31. The standard InChI is InChI=1S/C7H7BrN2O2/c8-4-2-1-3(7(11)12)5(9)6(4)10/h1-2H,9-10H2,(H,11,12). The highest BCUT2D eigenvalue weighted by molar-refractivity contribution is 9.10. The lowest BCUT2D eigenvalue weighted by Gasteiger charge is -2.05. The van der Waals surface area contributed by atoms with Gasteiger partial charge in [-0.15, -0.1) is 0 Å². The minimum Gasteiger partial charge on any atom is -0.478 e. The van der Waals surface area contributed by atoms with Gasteiger partial charge in [0.25, 0.3) is 0 Å².